The first-order valence-electron chi connectivity index (χ1n) is 12.1. The fraction of sp³-hybridized carbons (Fsp3) is 0.269. The average Bonchev–Trinajstić information content (AvgIpc) is 3.51. The number of nitrogen functional groups attached to an aromatic ring is 1. The molecule has 2 aromatic carbocycles. The van der Waals surface area contributed by atoms with Gasteiger partial charge >= 0.3 is 5.97 Å². The van der Waals surface area contributed by atoms with E-state index in [9.17, 15) is 14.7 Å². The van der Waals surface area contributed by atoms with Crippen molar-refractivity contribution in [3.63, 3.8) is 0 Å². The SMILES string of the molecule is CCNC(=O)[C@H]1O[C@@H](n2cnc3c(Cl)nc(N)nc32)[C@H](OC(O)c2ccccc2)[C@@H]1OC(=O)c1ccccc1. The molecule has 1 fully saturated rings. The molecule has 1 saturated heterocycles. The van der Waals surface area contributed by atoms with Gasteiger partial charge in [0.05, 0.1) is 11.9 Å². The minimum atomic E-state index is -1.45. The first kappa shape index (κ1) is 26.5. The number of fused-ring (bicyclic) bond motifs is 1. The van der Waals surface area contributed by atoms with Gasteiger partial charge in [-0.15, -0.1) is 0 Å². The van der Waals surface area contributed by atoms with Crippen LogP contribution in [0.2, 0.25) is 5.15 Å². The van der Waals surface area contributed by atoms with Gasteiger partial charge in [-0.2, -0.15) is 9.97 Å². The summed E-state index contributed by atoms with van der Waals surface area (Å²) >= 11 is 6.22. The number of nitrogens with zero attached hydrogens (tertiary/aromatic N) is 4. The van der Waals surface area contributed by atoms with Crippen molar-refractivity contribution >= 4 is 40.6 Å². The fourth-order valence-corrected chi connectivity index (χ4v) is 4.54. The van der Waals surface area contributed by atoms with E-state index < -0.39 is 42.7 Å². The molecule has 5 atom stereocenters. The van der Waals surface area contributed by atoms with Gasteiger partial charge in [0.25, 0.3) is 5.91 Å². The zero-order valence-electron chi connectivity index (χ0n) is 20.7. The van der Waals surface area contributed by atoms with Crippen LogP contribution in [-0.4, -0.2) is 61.4 Å². The standard InChI is InChI=1S/C26H25ClN6O6/c1-2-29-22(34)18-17(38-24(35)14-9-5-3-6-10-14)19(39-25(36)15-11-7-4-8-12-15)23(37-18)33-13-30-16-20(27)31-26(28)32-21(16)33/h3-13,17-19,23,25,36H,2H2,1H3,(H,29,34)(H2,28,31,32)/t17-,18+,19-,23-,25?/m1/s1. The number of carbonyl (C=O) groups is 2. The summed E-state index contributed by atoms with van der Waals surface area (Å²) in [7, 11) is 0. The smallest absolute Gasteiger partial charge is 0.338 e. The highest BCUT2D eigenvalue weighted by Crippen LogP contribution is 2.38. The molecule has 13 heteroatoms. The number of benzene rings is 2. The van der Waals surface area contributed by atoms with Gasteiger partial charge in [0.2, 0.25) is 5.95 Å². The van der Waals surface area contributed by atoms with Gasteiger partial charge < -0.3 is 30.4 Å². The van der Waals surface area contributed by atoms with Gasteiger partial charge in [-0.25, -0.2) is 9.78 Å². The lowest BCUT2D eigenvalue weighted by Crippen LogP contribution is -2.46. The van der Waals surface area contributed by atoms with Crippen molar-refractivity contribution < 1.29 is 28.9 Å². The molecule has 39 heavy (non-hydrogen) atoms. The number of hydrogen-bond donors (Lipinski definition) is 3. The maximum Gasteiger partial charge on any atom is 0.338 e. The third-order valence-corrected chi connectivity index (χ3v) is 6.36. The Morgan fingerprint density at radius 3 is 2.51 bits per heavy atom. The minimum absolute atomic E-state index is 0.0170. The van der Waals surface area contributed by atoms with E-state index >= 15 is 0 Å². The number of anilines is 1. The zero-order chi connectivity index (χ0) is 27.5. The predicted octanol–water partition coefficient (Wildman–Crippen LogP) is 2.40. The lowest BCUT2D eigenvalue weighted by Gasteiger charge is -2.27. The second kappa shape index (κ2) is 11.3. The Labute approximate surface area is 227 Å². The van der Waals surface area contributed by atoms with E-state index in [-0.39, 0.29) is 27.8 Å². The van der Waals surface area contributed by atoms with Gasteiger partial charge in [0.15, 0.2) is 35.5 Å². The van der Waals surface area contributed by atoms with Crippen LogP contribution < -0.4 is 11.1 Å². The molecule has 1 amide bonds. The van der Waals surface area contributed by atoms with Crippen LogP contribution in [0.4, 0.5) is 5.95 Å². The van der Waals surface area contributed by atoms with Crippen LogP contribution >= 0.6 is 11.6 Å². The largest absolute Gasteiger partial charge is 0.452 e. The molecule has 1 aliphatic rings. The summed E-state index contributed by atoms with van der Waals surface area (Å²) in [5, 5.41) is 13.7. The Bertz CT molecular complexity index is 1470. The Balaban J connectivity index is 1.58. The molecule has 2 aromatic heterocycles. The summed E-state index contributed by atoms with van der Waals surface area (Å²) in [4.78, 5) is 38.6. The topological polar surface area (TPSA) is 164 Å². The summed E-state index contributed by atoms with van der Waals surface area (Å²) in [6, 6.07) is 16.9. The molecule has 0 spiro atoms. The summed E-state index contributed by atoms with van der Waals surface area (Å²) in [5.74, 6) is -1.35. The molecular weight excluding hydrogens is 528 g/mol. The highest BCUT2D eigenvalue weighted by molar-refractivity contribution is 6.33. The molecule has 3 heterocycles. The predicted molar refractivity (Wildman–Crippen MR) is 139 cm³/mol. The van der Waals surface area contributed by atoms with Crippen LogP contribution in [0.5, 0.6) is 0 Å². The van der Waals surface area contributed by atoms with E-state index in [1.165, 1.54) is 10.9 Å². The van der Waals surface area contributed by atoms with E-state index in [1.807, 2.05) is 0 Å². The second-order valence-corrected chi connectivity index (χ2v) is 9.00. The number of halogens is 1. The molecule has 4 N–H and O–H groups in total. The molecule has 0 saturated carbocycles. The molecule has 0 bridgehead atoms. The molecule has 0 aliphatic carbocycles. The van der Waals surface area contributed by atoms with Crippen molar-refractivity contribution in [2.45, 2.75) is 37.8 Å². The van der Waals surface area contributed by atoms with E-state index in [4.69, 9.17) is 31.5 Å². The van der Waals surface area contributed by atoms with Crippen molar-refractivity contribution in [3.8, 4) is 0 Å². The number of aromatic nitrogens is 4. The number of nitrogens with one attached hydrogen (secondary N) is 1. The number of carbonyl (C=O) groups excluding carboxylic acids is 2. The number of amides is 1. The molecule has 1 unspecified atom stereocenters. The molecule has 1 aliphatic heterocycles. The number of aliphatic hydroxyl groups is 1. The van der Waals surface area contributed by atoms with Gasteiger partial charge in [-0.3, -0.25) is 9.36 Å². The van der Waals surface area contributed by atoms with Gasteiger partial charge in [0, 0.05) is 12.1 Å². The van der Waals surface area contributed by atoms with E-state index in [0.29, 0.717) is 12.1 Å². The van der Waals surface area contributed by atoms with Gasteiger partial charge in [-0.1, -0.05) is 60.1 Å². The summed E-state index contributed by atoms with van der Waals surface area (Å²) in [6.45, 7) is 2.04. The quantitative estimate of drug-likeness (QED) is 0.168. The Morgan fingerprint density at radius 2 is 1.82 bits per heavy atom. The van der Waals surface area contributed by atoms with Crippen LogP contribution in [0.3, 0.4) is 0 Å². The molecule has 5 rings (SSSR count). The number of nitrogens with two attached hydrogens (primary N) is 1. The minimum Gasteiger partial charge on any atom is -0.452 e. The van der Waals surface area contributed by atoms with E-state index in [2.05, 4.69) is 20.3 Å². The lowest BCUT2D eigenvalue weighted by atomic mass is 10.1. The third-order valence-electron chi connectivity index (χ3n) is 6.09. The van der Waals surface area contributed by atoms with E-state index in [1.54, 1.807) is 67.6 Å². The third kappa shape index (κ3) is 5.40. The lowest BCUT2D eigenvalue weighted by molar-refractivity contribution is -0.181. The molecule has 12 nitrogen and oxygen atoms in total. The zero-order valence-corrected chi connectivity index (χ0v) is 21.4. The Kier molecular flexibility index (Phi) is 7.70. The monoisotopic (exact) mass is 552 g/mol. The number of rotatable bonds is 8. The molecule has 4 aromatic rings. The fourth-order valence-electron chi connectivity index (χ4n) is 4.32. The Hall–Kier alpha value is -4.10. The maximum absolute atomic E-state index is 13.1. The number of likely N-dealkylation sites (N-methyl/N-ethyl adjacent to an activating group) is 1. The summed E-state index contributed by atoms with van der Waals surface area (Å²) in [6.07, 6.45) is -5.00. The van der Waals surface area contributed by atoms with Crippen LogP contribution in [0.15, 0.2) is 67.0 Å². The van der Waals surface area contributed by atoms with Crippen molar-refractivity contribution in [2.75, 3.05) is 12.3 Å². The summed E-state index contributed by atoms with van der Waals surface area (Å²) < 4.78 is 19.5. The van der Waals surface area contributed by atoms with E-state index in [0.717, 1.165) is 0 Å². The number of ether oxygens (including phenoxy) is 3. The number of aliphatic hydroxyl groups excluding tert-OH is 1. The van der Waals surface area contributed by atoms with Crippen LogP contribution in [0.25, 0.3) is 11.2 Å². The van der Waals surface area contributed by atoms with Crippen molar-refractivity contribution in [1.82, 2.24) is 24.8 Å². The van der Waals surface area contributed by atoms with Crippen LogP contribution in [-0.2, 0) is 19.0 Å². The van der Waals surface area contributed by atoms with Crippen LogP contribution in [0.1, 0.15) is 35.4 Å². The second-order valence-electron chi connectivity index (χ2n) is 8.64. The molecule has 202 valence electrons. The normalized spacial score (nSPS) is 21.5. The average molecular weight is 553 g/mol. The highest BCUT2D eigenvalue weighted by atomic mass is 35.5. The maximum atomic E-state index is 13.1. The highest BCUT2D eigenvalue weighted by Gasteiger charge is 2.53. The van der Waals surface area contributed by atoms with Crippen molar-refractivity contribution in [1.29, 1.82) is 0 Å². The Morgan fingerprint density at radius 1 is 1.13 bits per heavy atom. The number of esters is 1. The van der Waals surface area contributed by atoms with Crippen molar-refractivity contribution in [2.24, 2.45) is 0 Å². The summed E-state index contributed by atoms with van der Waals surface area (Å²) in [5.41, 5.74) is 6.96. The van der Waals surface area contributed by atoms with Crippen molar-refractivity contribution in [3.05, 3.63) is 83.3 Å². The first-order chi connectivity index (χ1) is 18.9. The number of hydrogen-bond acceptors (Lipinski definition) is 10. The van der Waals surface area contributed by atoms with Crippen LogP contribution in [0, 0.1) is 0 Å². The molecular formula is C26H25ClN6O6. The first-order valence-corrected chi connectivity index (χ1v) is 12.5. The van der Waals surface area contributed by atoms with Gasteiger partial charge in [0.1, 0.15) is 11.6 Å². The number of imidazole rings is 1. The molecule has 0 radical (unpaired) electrons. The van der Waals surface area contributed by atoms with Gasteiger partial charge in [-0.05, 0) is 19.1 Å².